The number of nitrogens with zero attached hydrogens (tertiary/aromatic N) is 1. The van der Waals surface area contributed by atoms with Crippen molar-refractivity contribution in [1.82, 2.24) is 9.62 Å². The zero-order chi connectivity index (χ0) is 22.6. The smallest absolute Gasteiger partial charge is 0.283 e. The van der Waals surface area contributed by atoms with E-state index in [1.807, 2.05) is 4.72 Å². The molecule has 1 saturated heterocycles. The quantitative estimate of drug-likeness (QED) is 0.704. The minimum absolute atomic E-state index is 0.193. The average Bonchev–Trinajstić information content (AvgIpc) is 3.40. The van der Waals surface area contributed by atoms with Crippen LogP contribution in [0.25, 0.3) is 11.1 Å². The SMILES string of the molecule is CS(=O)(=O)N[C@@H]1CN(C(=O)[C@@H]2C[C@H]2c2ccccc2-c2c(F)cccc2F)CC1(F)F. The fourth-order valence-electron chi connectivity index (χ4n) is 4.18. The van der Waals surface area contributed by atoms with Gasteiger partial charge < -0.3 is 4.90 Å². The number of alkyl halides is 2. The Morgan fingerprint density at radius 2 is 1.74 bits per heavy atom. The van der Waals surface area contributed by atoms with Gasteiger partial charge in [0.1, 0.15) is 17.7 Å². The molecule has 1 heterocycles. The molecule has 31 heavy (non-hydrogen) atoms. The Morgan fingerprint density at radius 1 is 1.10 bits per heavy atom. The molecule has 3 atom stereocenters. The van der Waals surface area contributed by atoms with Crippen LogP contribution in [0.15, 0.2) is 42.5 Å². The Morgan fingerprint density at radius 3 is 2.39 bits per heavy atom. The summed E-state index contributed by atoms with van der Waals surface area (Å²) in [4.78, 5) is 13.8. The molecule has 0 radical (unpaired) electrons. The van der Waals surface area contributed by atoms with E-state index in [-0.39, 0.29) is 11.5 Å². The highest BCUT2D eigenvalue weighted by Gasteiger charge is 2.54. The Balaban J connectivity index is 1.55. The fourth-order valence-corrected chi connectivity index (χ4v) is 4.95. The first-order chi connectivity index (χ1) is 14.5. The predicted molar refractivity (Wildman–Crippen MR) is 106 cm³/mol. The zero-order valence-electron chi connectivity index (χ0n) is 16.5. The average molecular weight is 456 g/mol. The van der Waals surface area contributed by atoms with Crippen molar-refractivity contribution in [2.75, 3.05) is 19.3 Å². The van der Waals surface area contributed by atoms with Gasteiger partial charge in [-0.2, -0.15) is 0 Å². The molecule has 4 rings (SSSR count). The first kappa shape index (κ1) is 21.8. The predicted octanol–water partition coefficient (Wildman–Crippen LogP) is 3.13. The second-order valence-electron chi connectivity index (χ2n) is 8.05. The topological polar surface area (TPSA) is 66.5 Å². The van der Waals surface area contributed by atoms with Gasteiger partial charge in [0.15, 0.2) is 0 Å². The van der Waals surface area contributed by atoms with Crippen LogP contribution < -0.4 is 4.72 Å². The van der Waals surface area contributed by atoms with E-state index < -0.39 is 58.5 Å². The molecule has 0 bridgehead atoms. The van der Waals surface area contributed by atoms with Gasteiger partial charge in [0.05, 0.1) is 18.4 Å². The third-order valence-electron chi connectivity index (χ3n) is 5.68. The normalized spacial score (nSPS) is 24.9. The number of carbonyl (C=O) groups excluding carboxylic acids is 1. The fraction of sp³-hybridized carbons (Fsp3) is 0.381. The number of hydrogen-bond donors (Lipinski definition) is 1. The van der Waals surface area contributed by atoms with Crippen molar-refractivity contribution in [3.05, 3.63) is 59.7 Å². The molecule has 166 valence electrons. The largest absolute Gasteiger partial charge is 0.334 e. The Hall–Kier alpha value is -2.46. The highest BCUT2D eigenvalue weighted by Crippen LogP contribution is 2.52. The number of benzene rings is 2. The van der Waals surface area contributed by atoms with E-state index in [2.05, 4.69) is 0 Å². The van der Waals surface area contributed by atoms with Gasteiger partial charge in [-0.1, -0.05) is 30.3 Å². The summed E-state index contributed by atoms with van der Waals surface area (Å²) in [5, 5.41) is 0. The maximum absolute atomic E-state index is 14.3. The number of hydrogen-bond acceptors (Lipinski definition) is 3. The van der Waals surface area contributed by atoms with E-state index >= 15 is 0 Å². The zero-order valence-corrected chi connectivity index (χ0v) is 17.3. The molecule has 2 aromatic carbocycles. The van der Waals surface area contributed by atoms with Crippen LogP contribution in [0.2, 0.25) is 0 Å². The first-order valence-electron chi connectivity index (χ1n) is 9.65. The van der Waals surface area contributed by atoms with Gasteiger partial charge in [-0.3, -0.25) is 4.79 Å². The number of sulfonamides is 1. The third-order valence-corrected chi connectivity index (χ3v) is 6.40. The summed E-state index contributed by atoms with van der Waals surface area (Å²) in [6.45, 7) is -1.32. The number of amides is 1. The van der Waals surface area contributed by atoms with E-state index in [9.17, 15) is 30.8 Å². The van der Waals surface area contributed by atoms with Crippen LogP contribution in [0.5, 0.6) is 0 Å². The lowest BCUT2D eigenvalue weighted by molar-refractivity contribution is -0.133. The summed E-state index contributed by atoms with van der Waals surface area (Å²) >= 11 is 0. The monoisotopic (exact) mass is 456 g/mol. The van der Waals surface area contributed by atoms with Crippen LogP contribution in [0.1, 0.15) is 17.9 Å². The molecular formula is C21H20F4N2O3S. The molecule has 10 heteroatoms. The molecule has 1 amide bonds. The molecule has 1 aliphatic carbocycles. The minimum atomic E-state index is -3.87. The number of halogens is 4. The summed E-state index contributed by atoms with van der Waals surface area (Å²) in [5.41, 5.74) is 0.699. The molecule has 5 nitrogen and oxygen atoms in total. The van der Waals surface area contributed by atoms with Gasteiger partial charge in [0.2, 0.25) is 15.9 Å². The van der Waals surface area contributed by atoms with Crippen molar-refractivity contribution in [2.24, 2.45) is 5.92 Å². The van der Waals surface area contributed by atoms with Crippen LogP contribution in [-0.4, -0.2) is 50.5 Å². The maximum Gasteiger partial charge on any atom is 0.283 e. The lowest BCUT2D eigenvalue weighted by atomic mass is 9.95. The molecule has 1 N–H and O–H groups in total. The van der Waals surface area contributed by atoms with Gasteiger partial charge in [0.25, 0.3) is 5.92 Å². The third kappa shape index (κ3) is 4.31. The number of nitrogens with one attached hydrogen (secondary N) is 1. The number of carbonyl (C=O) groups is 1. The summed E-state index contributed by atoms with van der Waals surface area (Å²) in [6.07, 6.45) is 1.14. The van der Waals surface area contributed by atoms with E-state index in [1.165, 1.54) is 6.07 Å². The van der Waals surface area contributed by atoms with Gasteiger partial charge in [-0.25, -0.2) is 30.7 Å². The number of rotatable bonds is 5. The molecule has 1 saturated carbocycles. The first-order valence-corrected chi connectivity index (χ1v) is 11.5. The van der Waals surface area contributed by atoms with Crippen LogP contribution >= 0.6 is 0 Å². The van der Waals surface area contributed by atoms with Crippen LogP contribution in [-0.2, 0) is 14.8 Å². The van der Waals surface area contributed by atoms with E-state index in [4.69, 9.17) is 0 Å². The molecule has 2 aliphatic rings. The molecule has 0 aromatic heterocycles. The van der Waals surface area contributed by atoms with E-state index in [1.54, 1.807) is 24.3 Å². The Labute approximate surface area is 177 Å². The van der Waals surface area contributed by atoms with Crippen molar-refractivity contribution in [2.45, 2.75) is 24.3 Å². The maximum atomic E-state index is 14.3. The molecule has 1 aliphatic heterocycles. The van der Waals surface area contributed by atoms with Crippen molar-refractivity contribution in [3.8, 4) is 11.1 Å². The van der Waals surface area contributed by atoms with Crippen LogP contribution in [0.4, 0.5) is 17.6 Å². The second kappa shape index (κ2) is 7.59. The lowest BCUT2D eigenvalue weighted by Gasteiger charge is -2.16. The van der Waals surface area contributed by atoms with Gasteiger partial charge in [-0.05, 0) is 35.6 Å². The van der Waals surface area contributed by atoms with E-state index in [0.717, 1.165) is 23.3 Å². The summed E-state index contributed by atoms with van der Waals surface area (Å²) in [6, 6.07) is 8.41. The van der Waals surface area contributed by atoms with Crippen molar-refractivity contribution >= 4 is 15.9 Å². The lowest BCUT2D eigenvalue weighted by Crippen LogP contribution is -2.46. The highest BCUT2D eigenvalue weighted by molar-refractivity contribution is 7.88. The Kier molecular flexibility index (Phi) is 5.33. The van der Waals surface area contributed by atoms with Crippen LogP contribution in [0, 0.1) is 17.6 Å². The van der Waals surface area contributed by atoms with Crippen molar-refractivity contribution < 1.29 is 30.8 Å². The van der Waals surface area contributed by atoms with Gasteiger partial charge in [-0.15, -0.1) is 0 Å². The van der Waals surface area contributed by atoms with Gasteiger partial charge in [0, 0.05) is 12.5 Å². The van der Waals surface area contributed by atoms with Crippen LogP contribution in [0.3, 0.4) is 0 Å². The van der Waals surface area contributed by atoms with Crippen molar-refractivity contribution in [3.63, 3.8) is 0 Å². The standard InChI is InChI=1S/C21H20F4N2O3S/c1-31(29,30)26-18-10-27(11-21(18,24)25)20(28)15-9-14(15)12-5-2-3-6-13(12)19-16(22)7-4-8-17(19)23/h2-8,14-15,18,26H,9-11H2,1H3/t14-,15+,18+/m0/s1. The molecule has 2 aromatic rings. The summed E-state index contributed by atoms with van der Waals surface area (Å²) in [5.74, 6) is -6.35. The van der Waals surface area contributed by atoms with E-state index in [0.29, 0.717) is 17.5 Å². The summed E-state index contributed by atoms with van der Waals surface area (Å²) < 4.78 is 81.7. The number of likely N-dealkylation sites (tertiary alicyclic amines) is 1. The van der Waals surface area contributed by atoms with Gasteiger partial charge >= 0.3 is 0 Å². The van der Waals surface area contributed by atoms with Crippen molar-refractivity contribution in [1.29, 1.82) is 0 Å². The Bertz CT molecular complexity index is 1120. The summed E-state index contributed by atoms with van der Waals surface area (Å²) in [7, 11) is -3.87. The molecular weight excluding hydrogens is 436 g/mol. The molecule has 0 spiro atoms. The minimum Gasteiger partial charge on any atom is -0.334 e. The second-order valence-corrected chi connectivity index (χ2v) is 9.84. The highest BCUT2D eigenvalue weighted by atomic mass is 32.2. The molecule has 2 fully saturated rings. The molecule has 0 unspecified atom stereocenters.